The Morgan fingerprint density at radius 3 is 2.86 bits per heavy atom. The van der Waals surface area contributed by atoms with Gasteiger partial charge < -0.3 is 5.32 Å². The molecule has 1 saturated carbocycles. The molecule has 0 radical (unpaired) electrons. The average molecular weight is 335 g/mol. The Morgan fingerprint density at radius 2 is 2.09 bits per heavy atom. The Balaban J connectivity index is 1.41. The lowest BCUT2D eigenvalue weighted by Gasteiger charge is -2.26. The molecule has 5 heteroatoms. The highest BCUT2D eigenvalue weighted by Gasteiger charge is 2.19. The maximum absolute atomic E-state index is 12.0. The second kappa shape index (κ2) is 7.47. The number of carbonyl (C=O) groups is 1. The number of thioether (sulfide) groups is 1. The van der Waals surface area contributed by atoms with Crippen LogP contribution in [0.4, 0.5) is 0 Å². The molecule has 1 aliphatic rings. The number of para-hydroxylation sites is 1. The summed E-state index contributed by atoms with van der Waals surface area (Å²) < 4.78 is 1.22. The molecule has 0 saturated heterocycles. The van der Waals surface area contributed by atoms with Gasteiger partial charge in [-0.3, -0.25) is 4.79 Å². The lowest BCUT2D eigenvalue weighted by Crippen LogP contribution is -2.38. The first-order chi connectivity index (χ1) is 10.7. The Bertz CT molecular complexity index is 599. The summed E-state index contributed by atoms with van der Waals surface area (Å²) in [5, 5.41) is 4.28. The molecule has 1 N–H and O–H groups in total. The zero-order valence-corrected chi connectivity index (χ0v) is 14.5. The molecule has 1 fully saturated rings. The predicted molar refractivity (Wildman–Crippen MR) is 95.3 cm³/mol. The number of nitrogens with one attached hydrogen (secondary N) is 1. The molecule has 118 valence electrons. The van der Waals surface area contributed by atoms with E-state index in [2.05, 4.69) is 23.3 Å². The van der Waals surface area contributed by atoms with Crippen molar-refractivity contribution < 1.29 is 4.79 Å². The zero-order valence-electron chi connectivity index (χ0n) is 12.9. The highest BCUT2D eigenvalue weighted by atomic mass is 32.2. The van der Waals surface area contributed by atoms with Crippen molar-refractivity contribution in [3.63, 3.8) is 0 Å². The summed E-state index contributed by atoms with van der Waals surface area (Å²) in [5.41, 5.74) is 1.06. The van der Waals surface area contributed by atoms with E-state index in [0.717, 1.165) is 35.0 Å². The van der Waals surface area contributed by atoms with Gasteiger partial charge in [0.15, 0.2) is 0 Å². The van der Waals surface area contributed by atoms with Crippen LogP contribution in [0.3, 0.4) is 0 Å². The van der Waals surface area contributed by atoms with E-state index in [0.29, 0.717) is 11.8 Å². The maximum Gasteiger partial charge on any atom is 0.230 e. The maximum atomic E-state index is 12.0. The predicted octanol–water partition coefficient (Wildman–Crippen LogP) is 4.22. The standard InChI is InChI=1S/C17H22N2OS2/c1-12-6-8-13(9-7-12)18-16(20)10-21-11-17-19-14-4-2-3-5-15(14)22-17/h2-5,12-13H,6-11H2,1H3,(H,18,20). The van der Waals surface area contributed by atoms with Crippen molar-refractivity contribution in [1.29, 1.82) is 0 Å². The fourth-order valence-electron chi connectivity index (χ4n) is 2.89. The molecule has 3 rings (SSSR count). The van der Waals surface area contributed by atoms with E-state index in [1.165, 1.54) is 17.5 Å². The Hall–Kier alpha value is -1.07. The number of hydrogen-bond donors (Lipinski definition) is 1. The van der Waals surface area contributed by atoms with Gasteiger partial charge in [0, 0.05) is 11.8 Å². The monoisotopic (exact) mass is 334 g/mol. The van der Waals surface area contributed by atoms with Gasteiger partial charge in [-0.25, -0.2) is 4.98 Å². The van der Waals surface area contributed by atoms with Crippen molar-refractivity contribution in [3.8, 4) is 0 Å². The van der Waals surface area contributed by atoms with Crippen LogP contribution in [0, 0.1) is 5.92 Å². The first-order valence-corrected chi connectivity index (χ1v) is 9.89. The minimum absolute atomic E-state index is 0.172. The Morgan fingerprint density at radius 1 is 1.32 bits per heavy atom. The number of carbonyl (C=O) groups excluding carboxylic acids is 1. The SMILES string of the molecule is CC1CCC(NC(=O)CSCc2nc3ccccc3s2)CC1. The van der Waals surface area contributed by atoms with Crippen LogP contribution >= 0.6 is 23.1 Å². The fraction of sp³-hybridized carbons (Fsp3) is 0.529. The van der Waals surface area contributed by atoms with Gasteiger partial charge in [0.2, 0.25) is 5.91 Å². The normalized spacial score (nSPS) is 21.9. The van der Waals surface area contributed by atoms with Crippen molar-refractivity contribution in [2.45, 2.75) is 44.4 Å². The van der Waals surface area contributed by atoms with E-state index in [9.17, 15) is 4.79 Å². The quantitative estimate of drug-likeness (QED) is 0.890. The largest absolute Gasteiger partial charge is 0.353 e. The molecule has 0 unspecified atom stereocenters. The van der Waals surface area contributed by atoms with Crippen LogP contribution in [0.5, 0.6) is 0 Å². The summed E-state index contributed by atoms with van der Waals surface area (Å²) in [4.78, 5) is 16.6. The summed E-state index contributed by atoms with van der Waals surface area (Å²) in [5.74, 6) is 2.34. The van der Waals surface area contributed by atoms with E-state index in [1.54, 1.807) is 23.1 Å². The number of thiazole rings is 1. The molecule has 1 aliphatic carbocycles. The molecule has 1 aromatic carbocycles. The van der Waals surface area contributed by atoms with Gasteiger partial charge in [-0.05, 0) is 43.7 Å². The summed E-state index contributed by atoms with van der Waals surface area (Å²) >= 11 is 3.38. The number of aromatic nitrogens is 1. The summed E-state index contributed by atoms with van der Waals surface area (Å²) in [7, 11) is 0. The topological polar surface area (TPSA) is 42.0 Å². The van der Waals surface area contributed by atoms with Gasteiger partial charge >= 0.3 is 0 Å². The Kier molecular flexibility index (Phi) is 5.37. The van der Waals surface area contributed by atoms with Crippen molar-refractivity contribution in [1.82, 2.24) is 10.3 Å². The highest BCUT2D eigenvalue weighted by molar-refractivity contribution is 7.99. The Labute approximate surface area is 139 Å². The minimum atomic E-state index is 0.172. The van der Waals surface area contributed by atoms with E-state index >= 15 is 0 Å². The summed E-state index contributed by atoms with van der Waals surface area (Å²) in [6, 6.07) is 8.58. The van der Waals surface area contributed by atoms with Crippen LogP contribution in [0.1, 0.15) is 37.6 Å². The van der Waals surface area contributed by atoms with Crippen molar-refractivity contribution in [2.24, 2.45) is 5.92 Å². The van der Waals surface area contributed by atoms with Gasteiger partial charge in [-0.1, -0.05) is 19.1 Å². The number of nitrogens with zero attached hydrogens (tertiary/aromatic N) is 1. The zero-order chi connectivity index (χ0) is 15.4. The molecule has 0 atom stereocenters. The fourth-order valence-corrected chi connectivity index (χ4v) is 4.74. The second-order valence-corrected chi connectivity index (χ2v) is 8.19. The van der Waals surface area contributed by atoms with E-state index in [4.69, 9.17) is 0 Å². The first-order valence-electron chi connectivity index (χ1n) is 7.92. The number of rotatable bonds is 5. The van der Waals surface area contributed by atoms with Crippen LogP contribution in [0.2, 0.25) is 0 Å². The van der Waals surface area contributed by atoms with Crippen molar-refractivity contribution >= 4 is 39.2 Å². The van der Waals surface area contributed by atoms with Crippen LogP contribution in [-0.2, 0) is 10.5 Å². The average Bonchev–Trinajstić information content (AvgIpc) is 2.92. The molecular formula is C17H22N2OS2. The molecule has 0 aliphatic heterocycles. The van der Waals surface area contributed by atoms with E-state index < -0.39 is 0 Å². The first kappa shape index (κ1) is 15.8. The van der Waals surface area contributed by atoms with Crippen LogP contribution in [-0.4, -0.2) is 22.7 Å². The van der Waals surface area contributed by atoms with Crippen molar-refractivity contribution in [3.05, 3.63) is 29.3 Å². The summed E-state index contributed by atoms with van der Waals surface area (Å²) in [6.07, 6.45) is 4.75. The summed E-state index contributed by atoms with van der Waals surface area (Å²) in [6.45, 7) is 2.30. The number of fused-ring (bicyclic) bond motifs is 1. The lowest BCUT2D eigenvalue weighted by molar-refractivity contribution is -0.119. The smallest absolute Gasteiger partial charge is 0.230 e. The molecule has 1 amide bonds. The van der Waals surface area contributed by atoms with Gasteiger partial charge in [0.1, 0.15) is 5.01 Å². The molecule has 0 spiro atoms. The molecule has 3 nitrogen and oxygen atoms in total. The molecule has 22 heavy (non-hydrogen) atoms. The number of benzene rings is 1. The van der Waals surface area contributed by atoms with Gasteiger partial charge in [0.05, 0.1) is 16.0 Å². The molecule has 1 heterocycles. The van der Waals surface area contributed by atoms with Crippen LogP contribution in [0.25, 0.3) is 10.2 Å². The van der Waals surface area contributed by atoms with E-state index in [1.807, 2.05) is 18.2 Å². The highest BCUT2D eigenvalue weighted by Crippen LogP contribution is 2.25. The third-order valence-corrected chi connectivity index (χ3v) is 6.34. The third-order valence-electron chi connectivity index (χ3n) is 4.18. The second-order valence-electron chi connectivity index (χ2n) is 6.09. The number of amides is 1. The molecule has 1 aromatic heterocycles. The molecular weight excluding hydrogens is 312 g/mol. The van der Waals surface area contributed by atoms with Gasteiger partial charge in [0.25, 0.3) is 0 Å². The van der Waals surface area contributed by atoms with Crippen molar-refractivity contribution in [2.75, 3.05) is 5.75 Å². The third kappa shape index (κ3) is 4.23. The minimum Gasteiger partial charge on any atom is -0.353 e. The molecule has 0 bridgehead atoms. The molecule has 2 aromatic rings. The van der Waals surface area contributed by atoms with Gasteiger partial charge in [-0.2, -0.15) is 0 Å². The van der Waals surface area contributed by atoms with Gasteiger partial charge in [-0.15, -0.1) is 23.1 Å². The van der Waals surface area contributed by atoms with Crippen LogP contribution in [0.15, 0.2) is 24.3 Å². The lowest BCUT2D eigenvalue weighted by atomic mass is 9.87. The number of hydrogen-bond acceptors (Lipinski definition) is 4. The van der Waals surface area contributed by atoms with Crippen LogP contribution < -0.4 is 5.32 Å². The van der Waals surface area contributed by atoms with E-state index in [-0.39, 0.29) is 5.91 Å².